The van der Waals surface area contributed by atoms with E-state index in [0.717, 1.165) is 12.4 Å². The van der Waals surface area contributed by atoms with Gasteiger partial charge in [-0.3, -0.25) is 0 Å². The van der Waals surface area contributed by atoms with Crippen molar-refractivity contribution in [3.05, 3.63) is 18.6 Å². The molecule has 5 heteroatoms. The molecule has 2 aromatic rings. The fourth-order valence-corrected chi connectivity index (χ4v) is 2.51. The van der Waals surface area contributed by atoms with Crippen molar-refractivity contribution < 1.29 is 0 Å². The van der Waals surface area contributed by atoms with Gasteiger partial charge in [0, 0.05) is 18.8 Å². The van der Waals surface area contributed by atoms with Gasteiger partial charge in [0.1, 0.15) is 12.1 Å². The molecule has 0 spiro atoms. The lowest BCUT2D eigenvalue weighted by Gasteiger charge is -2.25. The quantitative estimate of drug-likeness (QED) is 0.764. The number of nitrogens with zero attached hydrogens (tertiary/aromatic N) is 5. The summed E-state index contributed by atoms with van der Waals surface area (Å²) in [4.78, 5) is 10.7. The summed E-state index contributed by atoms with van der Waals surface area (Å²) in [5.41, 5.74) is 0. The smallest absolute Gasteiger partial charge is 0.254 e. The predicted octanol–water partition coefficient (Wildman–Crippen LogP) is 1.50. The molecule has 1 atom stereocenters. The van der Waals surface area contributed by atoms with Gasteiger partial charge >= 0.3 is 0 Å². The monoisotopic (exact) mass is 217 g/mol. The minimum Gasteiger partial charge on any atom is -0.353 e. The van der Waals surface area contributed by atoms with Crippen LogP contribution in [0.5, 0.6) is 0 Å². The molecule has 2 aromatic heterocycles. The molecule has 0 amide bonds. The second-order valence-electron chi connectivity index (χ2n) is 4.17. The highest BCUT2D eigenvalue weighted by molar-refractivity contribution is 5.46. The van der Waals surface area contributed by atoms with Crippen LogP contribution >= 0.6 is 0 Å². The van der Waals surface area contributed by atoms with Crippen molar-refractivity contribution in [2.75, 3.05) is 11.4 Å². The summed E-state index contributed by atoms with van der Waals surface area (Å²) in [6.45, 7) is 3.35. The van der Waals surface area contributed by atoms with Crippen LogP contribution in [0.15, 0.2) is 18.6 Å². The number of hydrogen-bond acceptors (Lipinski definition) is 4. The normalized spacial score (nSPS) is 20.8. The summed E-state index contributed by atoms with van der Waals surface area (Å²) >= 11 is 0. The third kappa shape index (κ3) is 1.35. The van der Waals surface area contributed by atoms with E-state index in [-0.39, 0.29) is 0 Å². The summed E-state index contributed by atoms with van der Waals surface area (Å²) in [6, 6.07) is 2.66. The lowest BCUT2D eigenvalue weighted by molar-refractivity contribution is 0.633. The van der Waals surface area contributed by atoms with Crippen molar-refractivity contribution in [1.29, 1.82) is 0 Å². The first-order valence-electron chi connectivity index (χ1n) is 5.81. The largest absolute Gasteiger partial charge is 0.353 e. The van der Waals surface area contributed by atoms with Crippen molar-refractivity contribution in [1.82, 2.24) is 19.6 Å². The Morgan fingerprint density at radius 1 is 1.44 bits per heavy atom. The van der Waals surface area contributed by atoms with Gasteiger partial charge in [0.05, 0.1) is 0 Å². The van der Waals surface area contributed by atoms with Crippen LogP contribution in [0.25, 0.3) is 5.78 Å². The highest BCUT2D eigenvalue weighted by atomic mass is 15.4. The molecular formula is C11H15N5. The summed E-state index contributed by atoms with van der Waals surface area (Å²) in [5, 5.41) is 4.23. The van der Waals surface area contributed by atoms with Gasteiger partial charge in [-0.15, -0.1) is 0 Å². The molecule has 16 heavy (non-hydrogen) atoms. The van der Waals surface area contributed by atoms with Crippen molar-refractivity contribution >= 4 is 11.6 Å². The van der Waals surface area contributed by atoms with Gasteiger partial charge in [-0.1, -0.05) is 6.92 Å². The number of aromatic nitrogens is 4. The first-order chi connectivity index (χ1) is 7.90. The van der Waals surface area contributed by atoms with Crippen LogP contribution in [0.1, 0.15) is 26.2 Å². The van der Waals surface area contributed by atoms with E-state index < -0.39 is 0 Å². The zero-order valence-electron chi connectivity index (χ0n) is 9.37. The van der Waals surface area contributed by atoms with Crippen molar-refractivity contribution in [2.45, 2.75) is 32.2 Å². The zero-order valence-corrected chi connectivity index (χ0v) is 9.37. The topological polar surface area (TPSA) is 46.3 Å². The number of fused-ring (bicyclic) bond motifs is 1. The van der Waals surface area contributed by atoms with Gasteiger partial charge in [-0.05, 0) is 25.3 Å². The van der Waals surface area contributed by atoms with Gasteiger partial charge in [-0.2, -0.15) is 14.6 Å². The van der Waals surface area contributed by atoms with Crippen LogP contribution in [0.4, 0.5) is 5.82 Å². The lowest BCUT2D eigenvalue weighted by Crippen LogP contribution is -2.30. The second kappa shape index (κ2) is 3.73. The van der Waals surface area contributed by atoms with E-state index >= 15 is 0 Å². The van der Waals surface area contributed by atoms with E-state index in [1.165, 1.54) is 19.3 Å². The molecule has 1 aliphatic heterocycles. The Morgan fingerprint density at radius 3 is 3.25 bits per heavy atom. The van der Waals surface area contributed by atoms with Crippen LogP contribution < -0.4 is 4.90 Å². The van der Waals surface area contributed by atoms with E-state index in [1.54, 1.807) is 6.33 Å². The Labute approximate surface area is 94.1 Å². The average Bonchev–Trinajstić information content (AvgIpc) is 2.96. The molecule has 0 bridgehead atoms. The third-order valence-electron chi connectivity index (χ3n) is 3.30. The van der Waals surface area contributed by atoms with Crippen molar-refractivity contribution in [3.8, 4) is 0 Å². The Bertz CT molecular complexity index is 492. The molecule has 0 unspecified atom stereocenters. The Kier molecular flexibility index (Phi) is 2.23. The van der Waals surface area contributed by atoms with Gasteiger partial charge in [-0.25, -0.2) is 4.98 Å². The maximum atomic E-state index is 4.23. The fraction of sp³-hybridized carbons (Fsp3) is 0.545. The number of hydrogen-bond donors (Lipinski definition) is 0. The number of rotatable bonds is 2. The highest BCUT2D eigenvalue weighted by Gasteiger charge is 2.25. The third-order valence-corrected chi connectivity index (χ3v) is 3.30. The molecule has 1 saturated heterocycles. The zero-order chi connectivity index (χ0) is 11.0. The van der Waals surface area contributed by atoms with Gasteiger partial charge in [0.25, 0.3) is 5.78 Å². The van der Waals surface area contributed by atoms with Crippen LogP contribution in [0.3, 0.4) is 0 Å². The van der Waals surface area contributed by atoms with E-state index in [1.807, 2.05) is 16.8 Å². The van der Waals surface area contributed by atoms with Gasteiger partial charge in [0.15, 0.2) is 0 Å². The Hall–Kier alpha value is -1.65. The van der Waals surface area contributed by atoms with Crippen molar-refractivity contribution in [3.63, 3.8) is 0 Å². The summed E-state index contributed by atoms with van der Waals surface area (Å²) in [7, 11) is 0. The van der Waals surface area contributed by atoms with Crippen LogP contribution in [0.2, 0.25) is 0 Å². The van der Waals surface area contributed by atoms with Gasteiger partial charge < -0.3 is 4.90 Å². The summed E-state index contributed by atoms with van der Waals surface area (Å²) in [5.74, 6) is 1.80. The van der Waals surface area contributed by atoms with E-state index in [9.17, 15) is 0 Å². The predicted molar refractivity (Wildman–Crippen MR) is 61.4 cm³/mol. The second-order valence-corrected chi connectivity index (χ2v) is 4.17. The minimum atomic E-state index is 0.634. The van der Waals surface area contributed by atoms with E-state index in [2.05, 4.69) is 26.9 Å². The van der Waals surface area contributed by atoms with Crippen LogP contribution in [-0.2, 0) is 0 Å². The molecule has 3 rings (SSSR count). The SMILES string of the molecule is CC[C@H]1CCCN1c1ccnc2ncnn12. The molecule has 0 aliphatic carbocycles. The average molecular weight is 217 g/mol. The molecular weight excluding hydrogens is 202 g/mol. The summed E-state index contributed by atoms with van der Waals surface area (Å²) in [6.07, 6.45) is 7.08. The first-order valence-corrected chi connectivity index (χ1v) is 5.81. The lowest BCUT2D eigenvalue weighted by atomic mass is 10.2. The molecule has 0 N–H and O–H groups in total. The van der Waals surface area contributed by atoms with Crippen LogP contribution in [-0.4, -0.2) is 32.2 Å². The first kappa shape index (κ1) is 9.57. The van der Waals surface area contributed by atoms with E-state index in [4.69, 9.17) is 0 Å². The Morgan fingerprint density at radius 2 is 2.38 bits per heavy atom. The standard InChI is InChI=1S/C11H15N5/c1-2-9-4-3-7-15(9)10-5-6-12-11-13-8-14-16(10)11/h5-6,8-9H,2-4,7H2,1H3/t9-/m0/s1. The molecule has 84 valence electrons. The molecule has 0 aromatic carbocycles. The maximum Gasteiger partial charge on any atom is 0.254 e. The fourth-order valence-electron chi connectivity index (χ4n) is 2.51. The number of anilines is 1. The van der Waals surface area contributed by atoms with Gasteiger partial charge in [0.2, 0.25) is 0 Å². The van der Waals surface area contributed by atoms with Crippen molar-refractivity contribution in [2.24, 2.45) is 0 Å². The molecule has 1 fully saturated rings. The molecule has 0 saturated carbocycles. The highest BCUT2D eigenvalue weighted by Crippen LogP contribution is 2.26. The minimum absolute atomic E-state index is 0.634. The molecule has 1 aliphatic rings. The van der Waals surface area contributed by atoms with E-state index in [0.29, 0.717) is 11.8 Å². The molecule has 3 heterocycles. The molecule has 0 radical (unpaired) electrons. The maximum absolute atomic E-state index is 4.23. The van der Waals surface area contributed by atoms with Crippen LogP contribution in [0, 0.1) is 0 Å². The summed E-state index contributed by atoms with van der Waals surface area (Å²) < 4.78 is 1.83. The molecule has 5 nitrogen and oxygen atoms in total. The Balaban J connectivity index is 2.07.